The van der Waals surface area contributed by atoms with E-state index in [1.54, 1.807) is 12.1 Å². The highest BCUT2D eigenvalue weighted by Crippen LogP contribution is 2.25. The average molecular weight is 322 g/mol. The maximum atomic E-state index is 11.4. The van der Waals surface area contributed by atoms with Crippen LogP contribution in [0.25, 0.3) is 0 Å². The van der Waals surface area contributed by atoms with Gasteiger partial charge in [-0.1, -0.05) is 0 Å². The van der Waals surface area contributed by atoms with E-state index in [0.29, 0.717) is 11.3 Å². The molecule has 0 spiro atoms. The van der Waals surface area contributed by atoms with Gasteiger partial charge in [-0.3, -0.25) is 0 Å². The molecule has 0 saturated carbocycles. The fourth-order valence-electron chi connectivity index (χ4n) is 1.16. The first kappa shape index (κ1) is 12.3. The second-order valence-corrected chi connectivity index (χ2v) is 3.96. The van der Waals surface area contributed by atoms with Crippen molar-refractivity contribution in [3.05, 3.63) is 26.8 Å². The van der Waals surface area contributed by atoms with Gasteiger partial charge in [-0.05, 0) is 40.3 Å². The molecule has 0 saturated heterocycles. The molecule has 0 unspecified atom stereocenters. The fraction of sp³-hybridized carbons (Fsp3) is 0.300. The van der Waals surface area contributed by atoms with Gasteiger partial charge in [0, 0.05) is 3.57 Å². The lowest BCUT2D eigenvalue weighted by molar-refractivity contribution is 0.0597. The molecule has 82 valence electrons. The monoisotopic (exact) mass is 322 g/mol. The number of esters is 1. The first-order chi connectivity index (χ1) is 7.13. The third kappa shape index (κ3) is 2.60. The van der Waals surface area contributed by atoms with E-state index in [2.05, 4.69) is 4.74 Å². The molecule has 4 nitrogen and oxygen atoms in total. The van der Waals surface area contributed by atoms with Crippen molar-refractivity contribution in [2.75, 3.05) is 14.2 Å². The smallest absolute Gasteiger partial charge is 0.341 e. The topological polar surface area (TPSA) is 55.8 Å². The molecule has 0 fully saturated rings. The third-order valence-electron chi connectivity index (χ3n) is 1.94. The molecule has 1 rings (SSSR count). The lowest BCUT2D eigenvalue weighted by Gasteiger charge is -2.10. The van der Waals surface area contributed by atoms with Crippen molar-refractivity contribution in [3.8, 4) is 5.75 Å². The van der Waals surface area contributed by atoms with Crippen LogP contribution >= 0.6 is 22.6 Å². The molecule has 0 bridgehead atoms. The molecule has 1 aromatic carbocycles. The summed E-state index contributed by atoms with van der Waals surface area (Å²) in [5.41, 5.74) is 1.08. The number of ether oxygens (including phenoxy) is 2. The van der Waals surface area contributed by atoms with E-state index < -0.39 is 5.97 Å². The minimum Gasteiger partial charge on any atom is -0.496 e. The predicted molar refractivity (Wildman–Crippen MR) is 63.0 cm³/mol. The summed E-state index contributed by atoms with van der Waals surface area (Å²) in [7, 11) is 2.78. The summed E-state index contributed by atoms with van der Waals surface area (Å²) in [5.74, 6) is -0.0411. The fourth-order valence-corrected chi connectivity index (χ4v) is 1.79. The van der Waals surface area contributed by atoms with Crippen LogP contribution in [0.1, 0.15) is 15.9 Å². The quantitative estimate of drug-likeness (QED) is 0.678. The Morgan fingerprint density at radius 3 is 2.60 bits per heavy atom. The van der Waals surface area contributed by atoms with Crippen LogP contribution in [0.3, 0.4) is 0 Å². The van der Waals surface area contributed by atoms with Gasteiger partial charge >= 0.3 is 5.97 Å². The van der Waals surface area contributed by atoms with Crippen LogP contribution < -0.4 is 4.74 Å². The third-order valence-corrected chi connectivity index (χ3v) is 2.95. The molecule has 0 aromatic heterocycles. The molecule has 5 heteroatoms. The first-order valence-electron chi connectivity index (χ1n) is 4.19. The second-order valence-electron chi connectivity index (χ2n) is 2.79. The van der Waals surface area contributed by atoms with Crippen LogP contribution in [0.4, 0.5) is 0 Å². The highest BCUT2D eigenvalue weighted by atomic mass is 127. The molecule has 0 aliphatic carbocycles. The summed E-state index contributed by atoms with van der Waals surface area (Å²) in [6.45, 7) is -0.0872. The van der Waals surface area contributed by atoms with Gasteiger partial charge in [0.05, 0.1) is 20.8 Å². The Balaban J connectivity index is 3.27. The molecule has 1 N–H and O–H groups in total. The maximum absolute atomic E-state index is 11.4. The van der Waals surface area contributed by atoms with Crippen molar-refractivity contribution < 1.29 is 19.4 Å². The number of benzene rings is 1. The molecule has 0 aliphatic rings. The van der Waals surface area contributed by atoms with Crippen LogP contribution in [0.15, 0.2) is 12.1 Å². The predicted octanol–water partition coefficient (Wildman–Crippen LogP) is 1.58. The largest absolute Gasteiger partial charge is 0.496 e. The molecular weight excluding hydrogens is 311 g/mol. The second kappa shape index (κ2) is 5.32. The lowest BCUT2D eigenvalue weighted by Crippen LogP contribution is -2.06. The van der Waals surface area contributed by atoms with Crippen molar-refractivity contribution in [1.29, 1.82) is 0 Å². The van der Waals surface area contributed by atoms with Gasteiger partial charge in [0.25, 0.3) is 0 Å². The zero-order valence-electron chi connectivity index (χ0n) is 8.41. The van der Waals surface area contributed by atoms with Crippen molar-refractivity contribution in [1.82, 2.24) is 0 Å². The minimum atomic E-state index is -0.450. The first-order valence-corrected chi connectivity index (χ1v) is 5.27. The average Bonchev–Trinajstić information content (AvgIpc) is 2.27. The van der Waals surface area contributed by atoms with Crippen molar-refractivity contribution in [3.63, 3.8) is 0 Å². The zero-order valence-corrected chi connectivity index (χ0v) is 10.6. The van der Waals surface area contributed by atoms with E-state index in [4.69, 9.17) is 9.84 Å². The number of halogens is 1. The standard InChI is InChI=1S/C10H11IO4/c1-14-9-3-6(5-12)8(11)4-7(9)10(13)15-2/h3-4,12H,5H2,1-2H3. The number of aliphatic hydroxyl groups is 1. The van der Waals surface area contributed by atoms with Crippen LogP contribution in [-0.4, -0.2) is 25.3 Å². The number of hydrogen-bond acceptors (Lipinski definition) is 4. The highest BCUT2D eigenvalue weighted by molar-refractivity contribution is 14.1. The van der Waals surface area contributed by atoms with Gasteiger partial charge in [0.1, 0.15) is 11.3 Å². The minimum absolute atomic E-state index is 0.0872. The summed E-state index contributed by atoms with van der Waals surface area (Å²) in [4.78, 5) is 11.4. The molecule has 1 aromatic rings. The normalized spacial score (nSPS) is 9.87. The zero-order chi connectivity index (χ0) is 11.4. The Labute approximate surface area is 101 Å². The Bertz CT molecular complexity index is 376. The van der Waals surface area contributed by atoms with Gasteiger partial charge < -0.3 is 14.6 Å². The van der Waals surface area contributed by atoms with Crippen LogP contribution in [0.5, 0.6) is 5.75 Å². The summed E-state index contributed by atoms with van der Waals surface area (Å²) >= 11 is 2.05. The van der Waals surface area contributed by atoms with Gasteiger partial charge in [0.15, 0.2) is 0 Å². The van der Waals surface area contributed by atoms with Crippen LogP contribution in [0, 0.1) is 3.57 Å². The Kier molecular flexibility index (Phi) is 4.34. The van der Waals surface area contributed by atoms with Gasteiger partial charge in [-0.25, -0.2) is 4.79 Å². The van der Waals surface area contributed by atoms with E-state index in [0.717, 1.165) is 9.13 Å². The maximum Gasteiger partial charge on any atom is 0.341 e. The van der Waals surface area contributed by atoms with Crippen molar-refractivity contribution in [2.24, 2.45) is 0 Å². The number of hydrogen-bond donors (Lipinski definition) is 1. The number of methoxy groups -OCH3 is 2. The molecule has 0 radical (unpaired) electrons. The van der Waals surface area contributed by atoms with Crippen molar-refractivity contribution >= 4 is 28.6 Å². The summed E-state index contributed by atoms with van der Waals surface area (Å²) < 4.78 is 10.5. The molecule has 0 atom stereocenters. The van der Waals surface area contributed by atoms with Gasteiger partial charge in [-0.2, -0.15) is 0 Å². The number of carbonyl (C=O) groups excluding carboxylic acids is 1. The summed E-state index contributed by atoms with van der Waals surface area (Å²) in [6, 6.07) is 3.27. The van der Waals surface area contributed by atoms with E-state index >= 15 is 0 Å². The Morgan fingerprint density at radius 1 is 1.47 bits per heavy atom. The van der Waals surface area contributed by atoms with E-state index in [1.165, 1.54) is 14.2 Å². The molecule has 15 heavy (non-hydrogen) atoms. The molecule has 0 aliphatic heterocycles. The number of rotatable bonds is 3. The SMILES string of the molecule is COC(=O)c1cc(I)c(CO)cc1OC. The number of carbonyl (C=O) groups is 1. The van der Waals surface area contributed by atoms with Crippen LogP contribution in [0.2, 0.25) is 0 Å². The van der Waals surface area contributed by atoms with Crippen LogP contribution in [-0.2, 0) is 11.3 Å². The molecular formula is C10H11IO4. The van der Waals surface area contributed by atoms with Gasteiger partial charge in [0.2, 0.25) is 0 Å². The number of aliphatic hydroxyl groups excluding tert-OH is 1. The highest BCUT2D eigenvalue weighted by Gasteiger charge is 2.15. The summed E-state index contributed by atoms with van der Waals surface area (Å²) in [5, 5.41) is 9.05. The lowest BCUT2D eigenvalue weighted by atomic mass is 10.1. The molecule has 0 heterocycles. The van der Waals surface area contributed by atoms with E-state index in [9.17, 15) is 4.79 Å². The Morgan fingerprint density at radius 2 is 2.13 bits per heavy atom. The summed E-state index contributed by atoms with van der Waals surface area (Å²) in [6.07, 6.45) is 0. The van der Waals surface area contributed by atoms with Crippen molar-refractivity contribution in [2.45, 2.75) is 6.61 Å². The Hall–Kier alpha value is -0.820. The van der Waals surface area contributed by atoms with E-state index in [1.807, 2.05) is 22.6 Å². The molecule has 0 amide bonds. The van der Waals surface area contributed by atoms with Gasteiger partial charge in [-0.15, -0.1) is 0 Å². The van der Waals surface area contributed by atoms with E-state index in [-0.39, 0.29) is 6.61 Å².